The van der Waals surface area contributed by atoms with Gasteiger partial charge in [-0.1, -0.05) is 60.7 Å². The molecule has 0 aromatic heterocycles. The van der Waals surface area contributed by atoms with E-state index in [9.17, 15) is 10.1 Å². The Labute approximate surface area is 142 Å². The molecule has 4 heteroatoms. The average molecular weight is 319 g/mol. The summed E-state index contributed by atoms with van der Waals surface area (Å²) in [6.45, 7) is 1.06. The fraction of sp³-hybridized carbons (Fsp3) is 0.300. The average Bonchev–Trinajstić information content (AvgIpc) is 3.05. The van der Waals surface area contributed by atoms with Crippen LogP contribution >= 0.6 is 0 Å². The van der Waals surface area contributed by atoms with E-state index in [1.807, 2.05) is 60.7 Å². The molecule has 1 saturated heterocycles. The number of nitrogens with zero attached hydrogens (tertiary/aromatic N) is 2. The second kappa shape index (κ2) is 6.86. The molecule has 1 aliphatic heterocycles. The van der Waals surface area contributed by atoms with Gasteiger partial charge in [0, 0.05) is 19.5 Å². The summed E-state index contributed by atoms with van der Waals surface area (Å²) in [5, 5.41) is 9.86. The van der Waals surface area contributed by atoms with E-state index in [1.54, 1.807) is 4.90 Å². The Morgan fingerprint density at radius 2 is 1.62 bits per heavy atom. The van der Waals surface area contributed by atoms with Gasteiger partial charge in [-0.15, -0.1) is 0 Å². The SMILES string of the molecule is N#CC(CN1CCCC1=O)C(N)(c1ccccc1)c1ccccc1. The number of benzene rings is 2. The Balaban J connectivity index is 2.03. The zero-order valence-corrected chi connectivity index (χ0v) is 13.6. The summed E-state index contributed by atoms with van der Waals surface area (Å²) in [6.07, 6.45) is 1.41. The third-order valence-electron chi connectivity index (χ3n) is 4.78. The van der Waals surface area contributed by atoms with E-state index in [1.165, 1.54) is 0 Å². The van der Waals surface area contributed by atoms with Crippen molar-refractivity contribution in [1.29, 1.82) is 5.26 Å². The van der Waals surface area contributed by atoms with Crippen LogP contribution in [-0.4, -0.2) is 23.9 Å². The Morgan fingerprint density at radius 1 is 1.08 bits per heavy atom. The molecular weight excluding hydrogens is 298 g/mol. The molecule has 1 heterocycles. The van der Waals surface area contributed by atoms with Crippen LogP contribution in [0.5, 0.6) is 0 Å². The predicted octanol–water partition coefficient (Wildman–Crippen LogP) is 2.65. The van der Waals surface area contributed by atoms with E-state index in [0.717, 1.165) is 17.5 Å². The van der Waals surface area contributed by atoms with Crippen molar-refractivity contribution in [2.45, 2.75) is 18.4 Å². The molecule has 2 N–H and O–H groups in total. The maximum Gasteiger partial charge on any atom is 0.222 e. The summed E-state index contributed by atoms with van der Waals surface area (Å²) in [7, 11) is 0. The van der Waals surface area contributed by atoms with Crippen LogP contribution in [0, 0.1) is 17.2 Å². The zero-order valence-electron chi connectivity index (χ0n) is 13.6. The number of amides is 1. The summed E-state index contributed by atoms with van der Waals surface area (Å²) in [5.74, 6) is -0.414. The van der Waals surface area contributed by atoms with E-state index in [0.29, 0.717) is 19.5 Å². The quantitative estimate of drug-likeness (QED) is 0.921. The van der Waals surface area contributed by atoms with Gasteiger partial charge in [0.2, 0.25) is 5.91 Å². The minimum Gasteiger partial charge on any atom is -0.341 e. The number of hydrogen-bond donors (Lipinski definition) is 1. The highest BCUT2D eigenvalue weighted by atomic mass is 16.2. The van der Waals surface area contributed by atoms with E-state index in [4.69, 9.17) is 5.73 Å². The Morgan fingerprint density at radius 3 is 2.04 bits per heavy atom. The van der Waals surface area contributed by atoms with E-state index in [-0.39, 0.29) is 5.91 Å². The van der Waals surface area contributed by atoms with Crippen LogP contribution in [-0.2, 0) is 10.3 Å². The molecule has 1 aliphatic rings. The van der Waals surface area contributed by atoms with Gasteiger partial charge in [0.05, 0.1) is 17.5 Å². The first-order chi connectivity index (χ1) is 11.7. The third-order valence-corrected chi connectivity index (χ3v) is 4.78. The summed E-state index contributed by atoms with van der Waals surface area (Å²) < 4.78 is 0. The molecule has 2 aromatic rings. The van der Waals surface area contributed by atoms with Gasteiger partial charge in [0.15, 0.2) is 0 Å². The Hall–Kier alpha value is -2.64. The van der Waals surface area contributed by atoms with Crippen molar-refractivity contribution in [1.82, 2.24) is 4.90 Å². The molecule has 4 nitrogen and oxygen atoms in total. The minimum atomic E-state index is -0.958. The normalized spacial score (nSPS) is 16.0. The van der Waals surface area contributed by atoms with Crippen molar-refractivity contribution in [3.8, 4) is 6.07 Å². The van der Waals surface area contributed by atoms with Gasteiger partial charge in [0.1, 0.15) is 0 Å². The topological polar surface area (TPSA) is 70.1 Å². The zero-order chi connectivity index (χ0) is 17.0. The van der Waals surface area contributed by atoms with Crippen LogP contribution < -0.4 is 5.73 Å². The molecule has 24 heavy (non-hydrogen) atoms. The summed E-state index contributed by atoms with van der Waals surface area (Å²) in [5.41, 5.74) is 7.67. The van der Waals surface area contributed by atoms with Crippen molar-refractivity contribution >= 4 is 5.91 Å². The first-order valence-electron chi connectivity index (χ1n) is 8.23. The number of nitriles is 1. The molecule has 2 aromatic carbocycles. The van der Waals surface area contributed by atoms with Gasteiger partial charge >= 0.3 is 0 Å². The molecule has 3 rings (SSSR count). The highest BCUT2D eigenvalue weighted by molar-refractivity contribution is 5.78. The first-order valence-corrected chi connectivity index (χ1v) is 8.23. The maximum absolute atomic E-state index is 12.0. The standard InChI is InChI=1S/C20H21N3O/c21-14-18(15-23-13-7-12-19(23)24)20(22,16-8-3-1-4-9-16)17-10-5-2-6-11-17/h1-6,8-11,18H,7,12-13,15,22H2. The Bertz CT molecular complexity index is 697. The monoisotopic (exact) mass is 319 g/mol. The Kier molecular flexibility index (Phi) is 4.64. The van der Waals surface area contributed by atoms with Crippen molar-refractivity contribution < 1.29 is 4.79 Å². The molecule has 0 bridgehead atoms. The smallest absolute Gasteiger partial charge is 0.222 e. The van der Waals surface area contributed by atoms with Crippen molar-refractivity contribution in [2.75, 3.05) is 13.1 Å². The third kappa shape index (κ3) is 2.91. The van der Waals surface area contributed by atoms with E-state index in [2.05, 4.69) is 6.07 Å². The van der Waals surface area contributed by atoms with Gasteiger partial charge in [0.25, 0.3) is 0 Å². The fourth-order valence-electron chi connectivity index (χ4n) is 3.40. The number of likely N-dealkylation sites (tertiary alicyclic amines) is 1. The lowest BCUT2D eigenvalue weighted by Gasteiger charge is -2.36. The molecule has 1 atom stereocenters. The van der Waals surface area contributed by atoms with Crippen LogP contribution in [0.4, 0.5) is 0 Å². The molecule has 1 unspecified atom stereocenters. The van der Waals surface area contributed by atoms with E-state index < -0.39 is 11.5 Å². The lowest BCUT2D eigenvalue weighted by Crippen LogP contribution is -2.49. The van der Waals surface area contributed by atoms with Gasteiger partial charge in [-0.3, -0.25) is 4.79 Å². The first kappa shape index (κ1) is 16.2. The number of hydrogen-bond acceptors (Lipinski definition) is 3. The summed E-state index contributed by atoms with van der Waals surface area (Å²) in [6, 6.07) is 21.7. The van der Waals surface area contributed by atoms with Crippen molar-refractivity contribution in [2.24, 2.45) is 11.7 Å². The number of nitrogens with two attached hydrogens (primary N) is 1. The molecule has 0 radical (unpaired) electrons. The highest BCUT2D eigenvalue weighted by Crippen LogP contribution is 2.35. The maximum atomic E-state index is 12.0. The molecule has 1 amide bonds. The van der Waals surface area contributed by atoms with Crippen molar-refractivity contribution in [3.05, 3.63) is 71.8 Å². The van der Waals surface area contributed by atoms with E-state index >= 15 is 0 Å². The number of carbonyl (C=O) groups is 1. The lowest BCUT2D eigenvalue weighted by molar-refractivity contribution is -0.128. The summed E-state index contributed by atoms with van der Waals surface area (Å²) in [4.78, 5) is 13.8. The van der Waals surface area contributed by atoms with Gasteiger partial charge < -0.3 is 10.6 Å². The highest BCUT2D eigenvalue weighted by Gasteiger charge is 2.40. The molecule has 0 saturated carbocycles. The van der Waals surface area contributed by atoms with Crippen LogP contribution in [0.25, 0.3) is 0 Å². The second-order valence-electron chi connectivity index (χ2n) is 6.23. The number of rotatable bonds is 5. The largest absolute Gasteiger partial charge is 0.341 e. The lowest BCUT2D eigenvalue weighted by atomic mass is 9.74. The van der Waals surface area contributed by atoms with Gasteiger partial charge in [-0.2, -0.15) is 5.26 Å². The van der Waals surface area contributed by atoms with Crippen LogP contribution in [0.15, 0.2) is 60.7 Å². The predicted molar refractivity (Wildman–Crippen MR) is 92.8 cm³/mol. The van der Waals surface area contributed by atoms with Gasteiger partial charge in [-0.25, -0.2) is 0 Å². The summed E-state index contributed by atoms with van der Waals surface area (Å²) >= 11 is 0. The molecule has 122 valence electrons. The minimum absolute atomic E-state index is 0.110. The van der Waals surface area contributed by atoms with Crippen LogP contribution in [0.2, 0.25) is 0 Å². The van der Waals surface area contributed by atoms with Crippen molar-refractivity contribution in [3.63, 3.8) is 0 Å². The molecule has 0 aliphatic carbocycles. The number of carbonyl (C=O) groups excluding carboxylic acids is 1. The van der Waals surface area contributed by atoms with Crippen LogP contribution in [0.3, 0.4) is 0 Å². The fourth-order valence-corrected chi connectivity index (χ4v) is 3.40. The second-order valence-corrected chi connectivity index (χ2v) is 6.23. The van der Waals surface area contributed by atoms with Gasteiger partial charge in [-0.05, 0) is 17.5 Å². The molecule has 1 fully saturated rings. The molecule has 0 spiro atoms. The van der Waals surface area contributed by atoms with Crippen LogP contribution in [0.1, 0.15) is 24.0 Å². The molecular formula is C20H21N3O.